The fraction of sp³-hybridized carbons (Fsp3) is 0.263. The topological polar surface area (TPSA) is 74.8 Å². The van der Waals surface area contributed by atoms with E-state index in [4.69, 9.17) is 0 Å². The predicted molar refractivity (Wildman–Crippen MR) is 104 cm³/mol. The van der Waals surface area contributed by atoms with Crippen LogP contribution in [0.15, 0.2) is 51.8 Å². The summed E-state index contributed by atoms with van der Waals surface area (Å²) in [5.41, 5.74) is 0.654. The second-order valence-electron chi connectivity index (χ2n) is 6.61. The molecule has 2 aliphatic rings. The molecule has 2 aromatic carbocycles. The quantitative estimate of drug-likeness (QED) is 0.704. The van der Waals surface area contributed by atoms with Gasteiger partial charge in [-0.15, -0.1) is 0 Å². The molecule has 0 bridgehead atoms. The number of benzene rings is 2. The van der Waals surface area contributed by atoms with Crippen molar-refractivity contribution >= 4 is 43.5 Å². The lowest BCUT2D eigenvalue weighted by molar-refractivity contribution is 0.0723. The van der Waals surface area contributed by atoms with E-state index in [9.17, 15) is 18.0 Å². The third kappa shape index (κ3) is 3.06. The summed E-state index contributed by atoms with van der Waals surface area (Å²) in [6.07, 6.45) is 2.99. The summed E-state index contributed by atoms with van der Waals surface area (Å²) in [4.78, 5) is 27.1. The summed E-state index contributed by atoms with van der Waals surface area (Å²) in [7, 11) is -4.05. The average molecular weight is 449 g/mol. The van der Waals surface area contributed by atoms with Crippen LogP contribution in [-0.4, -0.2) is 38.2 Å². The van der Waals surface area contributed by atoms with Crippen molar-refractivity contribution in [3.63, 3.8) is 0 Å². The molecule has 0 N–H and O–H groups in total. The molecule has 0 unspecified atom stereocenters. The highest BCUT2D eigenvalue weighted by molar-refractivity contribution is 9.10. The van der Waals surface area contributed by atoms with Crippen molar-refractivity contribution in [2.45, 2.75) is 24.2 Å². The molecule has 2 amide bonds. The number of anilines is 1. The molecule has 4 rings (SSSR count). The lowest BCUT2D eigenvalue weighted by Crippen LogP contribution is -2.35. The summed E-state index contributed by atoms with van der Waals surface area (Å²) in [5.74, 6) is -0.800. The summed E-state index contributed by atoms with van der Waals surface area (Å²) >= 11 is 3.29. The van der Waals surface area contributed by atoms with Crippen molar-refractivity contribution in [2.75, 3.05) is 17.4 Å². The van der Waals surface area contributed by atoms with Crippen LogP contribution in [0, 0.1) is 0 Å². The number of sulfonamides is 1. The predicted octanol–water partition coefficient (Wildman–Crippen LogP) is 3.42. The lowest BCUT2D eigenvalue weighted by atomic mass is 10.1. The minimum absolute atomic E-state index is 0.0908. The van der Waals surface area contributed by atoms with Gasteiger partial charge in [0, 0.05) is 23.1 Å². The highest BCUT2D eigenvalue weighted by Crippen LogP contribution is 2.35. The minimum Gasteiger partial charge on any atom is -0.339 e. The first-order valence-electron chi connectivity index (χ1n) is 8.68. The number of piperidine rings is 1. The van der Waals surface area contributed by atoms with Crippen LogP contribution >= 0.6 is 15.9 Å². The van der Waals surface area contributed by atoms with Crippen molar-refractivity contribution in [1.29, 1.82) is 0 Å². The van der Waals surface area contributed by atoms with E-state index in [0.717, 1.165) is 28.0 Å². The van der Waals surface area contributed by atoms with Gasteiger partial charge in [-0.05, 0) is 61.7 Å². The molecule has 1 saturated heterocycles. The number of halogens is 1. The Labute approximate surface area is 166 Å². The van der Waals surface area contributed by atoms with Crippen molar-refractivity contribution in [3.8, 4) is 0 Å². The number of carbonyl (C=O) groups excluding carboxylic acids is 2. The summed E-state index contributed by atoms with van der Waals surface area (Å²) in [5, 5.41) is 0. The number of nitrogens with zero attached hydrogens (tertiary/aromatic N) is 2. The third-order valence-electron chi connectivity index (χ3n) is 4.87. The van der Waals surface area contributed by atoms with Crippen LogP contribution in [0.5, 0.6) is 0 Å². The van der Waals surface area contributed by atoms with Crippen LogP contribution in [0.4, 0.5) is 5.69 Å². The van der Waals surface area contributed by atoms with Crippen LogP contribution < -0.4 is 4.31 Å². The van der Waals surface area contributed by atoms with Gasteiger partial charge in [0.15, 0.2) is 0 Å². The zero-order chi connectivity index (χ0) is 19.2. The van der Waals surface area contributed by atoms with Gasteiger partial charge in [-0.3, -0.25) is 9.59 Å². The molecule has 2 aromatic rings. The van der Waals surface area contributed by atoms with Crippen LogP contribution in [0.25, 0.3) is 0 Å². The normalized spacial score (nSPS) is 18.5. The molecule has 27 heavy (non-hydrogen) atoms. The molecule has 8 heteroatoms. The molecule has 1 fully saturated rings. The van der Waals surface area contributed by atoms with Gasteiger partial charge < -0.3 is 4.90 Å². The molecule has 2 aliphatic heterocycles. The molecule has 0 aromatic heterocycles. The zero-order valence-electron chi connectivity index (χ0n) is 14.4. The molecule has 0 saturated carbocycles. The van der Waals surface area contributed by atoms with Crippen LogP contribution in [0.1, 0.15) is 40.0 Å². The summed E-state index contributed by atoms with van der Waals surface area (Å²) < 4.78 is 27.6. The Kier molecular flexibility index (Phi) is 4.55. The summed E-state index contributed by atoms with van der Waals surface area (Å²) in [6.45, 7) is 1.35. The minimum atomic E-state index is -4.05. The molecule has 0 spiro atoms. The van der Waals surface area contributed by atoms with Gasteiger partial charge >= 0.3 is 0 Å². The van der Waals surface area contributed by atoms with Gasteiger partial charge in [0.25, 0.3) is 21.8 Å². The number of fused-ring (bicyclic) bond motifs is 1. The number of carbonyl (C=O) groups is 2. The van der Waals surface area contributed by atoms with E-state index in [2.05, 4.69) is 15.9 Å². The maximum atomic E-state index is 13.0. The monoisotopic (exact) mass is 448 g/mol. The van der Waals surface area contributed by atoms with Gasteiger partial charge in [0.1, 0.15) is 4.90 Å². The Morgan fingerprint density at radius 1 is 0.963 bits per heavy atom. The molecular weight excluding hydrogens is 432 g/mol. The van der Waals surface area contributed by atoms with Crippen molar-refractivity contribution in [3.05, 3.63) is 58.1 Å². The van der Waals surface area contributed by atoms with Crippen molar-refractivity contribution in [2.24, 2.45) is 0 Å². The van der Waals surface area contributed by atoms with Crippen molar-refractivity contribution < 1.29 is 18.0 Å². The van der Waals surface area contributed by atoms with E-state index >= 15 is 0 Å². The molecule has 0 atom stereocenters. The van der Waals surface area contributed by atoms with Gasteiger partial charge in [0.2, 0.25) is 0 Å². The fourth-order valence-electron chi connectivity index (χ4n) is 3.47. The van der Waals surface area contributed by atoms with Gasteiger partial charge in [-0.1, -0.05) is 15.9 Å². The Bertz CT molecular complexity index is 1030. The third-order valence-corrected chi connectivity index (χ3v) is 7.15. The largest absolute Gasteiger partial charge is 0.339 e. The molecule has 140 valence electrons. The second kappa shape index (κ2) is 6.76. The average Bonchev–Trinajstić information content (AvgIpc) is 2.88. The standard InChI is InChI=1S/C19H17BrN2O4S/c20-14-5-7-15(8-6-14)22-19(24)16-9-4-13(12-17(16)27(22,25)26)18(23)21-10-2-1-3-11-21/h4-9,12H,1-3,10-11H2. The number of hydrogen-bond donors (Lipinski definition) is 0. The van der Waals surface area contributed by atoms with Crippen LogP contribution in [0.3, 0.4) is 0 Å². The molecule has 0 aliphatic carbocycles. The van der Waals surface area contributed by atoms with E-state index in [1.165, 1.54) is 18.2 Å². The lowest BCUT2D eigenvalue weighted by Gasteiger charge is -2.26. The molecule has 2 heterocycles. The molecule has 0 radical (unpaired) electrons. The Balaban J connectivity index is 1.73. The number of amides is 2. The molecular formula is C19H17BrN2O4S. The van der Waals surface area contributed by atoms with Gasteiger partial charge in [-0.25, -0.2) is 8.42 Å². The fourth-order valence-corrected chi connectivity index (χ4v) is 5.36. The molecule has 6 nitrogen and oxygen atoms in total. The number of rotatable bonds is 2. The second-order valence-corrected chi connectivity index (χ2v) is 9.29. The number of hydrogen-bond acceptors (Lipinski definition) is 4. The Hall–Kier alpha value is -2.19. The van der Waals surface area contributed by atoms with E-state index in [1.54, 1.807) is 29.2 Å². The van der Waals surface area contributed by atoms with Crippen LogP contribution in [0.2, 0.25) is 0 Å². The van der Waals surface area contributed by atoms with E-state index in [0.29, 0.717) is 18.7 Å². The summed E-state index contributed by atoms with van der Waals surface area (Å²) in [6, 6.07) is 10.8. The highest BCUT2D eigenvalue weighted by atomic mass is 79.9. The van der Waals surface area contributed by atoms with E-state index in [-0.39, 0.29) is 22.1 Å². The SMILES string of the molecule is O=C(c1ccc2c(c1)S(=O)(=O)N(c1ccc(Br)cc1)C2=O)N1CCCCC1. The Morgan fingerprint density at radius 2 is 1.63 bits per heavy atom. The first-order valence-corrected chi connectivity index (χ1v) is 10.9. The van der Waals surface area contributed by atoms with Crippen LogP contribution in [-0.2, 0) is 10.0 Å². The maximum absolute atomic E-state index is 13.0. The Morgan fingerprint density at radius 3 is 2.30 bits per heavy atom. The van der Waals surface area contributed by atoms with Crippen molar-refractivity contribution in [1.82, 2.24) is 4.90 Å². The highest BCUT2D eigenvalue weighted by Gasteiger charge is 2.42. The van der Waals surface area contributed by atoms with Gasteiger partial charge in [0.05, 0.1) is 11.3 Å². The van der Waals surface area contributed by atoms with E-state index in [1.807, 2.05) is 0 Å². The first kappa shape index (κ1) is 18.2. The van der Waals surface area contributed by atoms with Gasteiger partial charge in [-0.2, -0.15) is 4.31 Å². The smallest absolute Gasteiger partial charge is 0.273 e. The first-order chi connectivity index (χ1) is 12.9. The maximum Gasteiger partial charge on any atom is 0.273 e. The number of likely N-dealkylation sites (tertiary alicyclic amines) is 1. The van der Waals surface area contributed by atoms with E-state index < -0.39 is 15.9 Å². The zero-order valence-corrected chi connectivity index (χ0v) is 16.8.